The Hall–Kier alpha value is -3.14. The second-order valence-corrected chi connectivity index (χ2v) is 12.9. The molecule has 1 aliphatic heterocycles. The normalized spacial score (nSPS) is 18.4. The minimum atomic E-state index is -0.599. The molecular weight excluding hydrogens is 530 g/mol. The molecule has 9 nitrogen and oxygen atoms in total. The van der Waals surface area contributed by atoms with E-state index in [1.165, 1.54) is 11.3 Å². The Morgan fingerprint density at radius 1 is 1.12 bits per heavy atom. The summed E-state index contributed by atoms with van der Waals surface area (Å²) >= 11 is 1.38. The van der Waals surface area contributed by atoms with Gasteiger partial charge >= 0.3 is 6.09 Å². The van der Waals surface area contributed by atoms with Crippen LogP contribution in [-0.4, -0.2) is 60.6 Å². The van der Waals surface area contributed by atoms with Crippen LogP contribution in [-0.2, 0) is 11.2 Å². The lowest BCUT2D eigenvalue weighted by Crippen LogP contribution is -2.39. The highest BCUT2D eigenvalue weighted by molar-refractivity contribution is 7.09. The number of carbonyl (C=O) groups excluding carboxylic acids is 3. The molecule has 0 bridgehead atoms. The Morgan fingerprint density at radius 2 is 1.77 bits per heavy atom. The Kier molecular flexibility index (Phi) is 9.07. The van der Waals surface area contributed by atoms with Crippen LogP contribution in [0.1, 0.15) is 91.3 Å². The van der Waals surface area contributed by atoms with Gasteiger partial charge in [-0.3, -0.25) is 9.59 Å². The predicted molar refractivity (Wildman–Crippen MR) is 153 cm³/mol. The molecule has 1 saturated heterocycles. The molecule has 2 amide bonds. The Labute approximate surface area is 240 Å². The smallest absolute Gasteiger partial charge is 0.408 e. The van der Waals surface area contributed by atoms with Crippen molar-refractivity contribution in [1.82, 2.24) is 15.2 Å². The predicted octanol–water partition coefficient (Wildman–Crippen LogP) is 5.68. The number of benzene rings is 1. The van der Waals surface area contributed by atoms with Crippen molar-refractivity contribution in [2.24, 2.45) is 17.8 Å². The molecule has 4 rings (SSSR count). The SMILES string of the molecule is COc1cc2c(cc1OC)C(=O)C(CC1CCN(C(=O)c3csc([C@@H](NC(=O)OC(C)(C)C)C(C)C)n3)CC1)C2. The number of nitrogens with one attached hydrogen (secondary N) is 1. The number of thiazole rings is 1. The number of nitrogens with zero attached hydrogens (tertiary/aromatic N) is 2. The summed E-state index contributed by atoms with van der Waals surface area (Å²) < 4.78 is 16.2. The van der Waals surface area contributed by atoms with Gasteiger partial charge in [0.1, 0.15) is 16.3 Å². The van der Waals surface area contributed by atoms with Gasteiger partial charge in [0, 0.05) is 30.0 Å². The molecule has 0 saturated carbocycles. The van der Waals surface area contributed by atoms with Gasteiger partial charge in [-0.1, -0.05) is 13.8 Å². The fourth-order valence-electron chi connectivity index (χ4n) is 5.50. The molecule has 2 aromatic rings. The highest BCUT2D eigenvalue weighted by atomic mass is 32.1. The van der Waals surface area contributed by atoms with Crippen LogP contribution in [0.3, 0.4) is 0 Å². The summed E-state index contributed by atoms with van der Waals surface area (Å²) in [7, 11) is 3.18. The Bertz CT molecular complexity index is 1240. The molecule has 1 aliphatic carbocycles. The van der Waals surface area contributed by atoms with Gasteiger partial charge in [0.05, 0.1) is 20.3 Å². The van der Waals surface area contributed by atoms with Crippen LogP contribution in [0, 0.1) is 17.8 Å². The fraction of sp³-hybridized carbons (Fsp3) is 0.600. The number of ketones is 1. The number of aromatic nitrogens is 1. The number of likely N-dealkylation sites (tertiary alicyclic amines) is 1. The van der Waals surface area contributed by atoms with E-state index in [0.717, 1.165) is 30.4 Å². The minimum absolute atomic E-state index is 0.0504. The van der Waals surface area contributed by atoms with E-state index >= 15 is 0 Å². The van der Waals surface area contributed by atoms with Crippen LogP contribution in [0.15, 0.2) is 17.5 Å². The largest absolute Gasteiger partial charge is 0.493 e. The first-order chi connectivity index (χ1) is 18.9. The van der Waals surface area contributed by atoms with E-state index in [9.17, 15) is 14.4 Å². The molecule has 40 heavy (non-hydrogen) atoms. The van der Waals surface area contributed by atoms with Crippen molar-refractivity contribution in [2.45, 2.75) is 71.9 Å². The summed E-state index contributed by atoms with van der Waals surface area (Å²) in [6.45, 7) is 10.7. The number of rotatable bonds is 8. The number of fused-ring (bicyclic) bond motifs is 1. The summed E-state index contributed by atoms with van der Waals surface area (Å²) in [4.78, 5) is 45.2. The second kappa shape index (κ2) is 12.2. The molecule has 2 aliphatic rings. The Morgan fingerprint density at radius 3 is 2.38 bits per heavy atom. The van der Waals surface area contributed by atoms with Gasteiger partial charge < -0.3 is 24.4 Å². The molecule has 1 aromatic carbocycles. The average Bonchev–Trinajstić information content (AvgIpc) is 3.50. The molecule has 2 heterocycles. The molecule has 1 N–H and O–H groups in total. The van der Waals surface area contributed by atoms with Crippen molar-refractivity contribution in [2.75, 3.05) is 27.3 Å². The van der Waals surface area contributed by atoms with E-state index in [4.69, 9.17) is 14.2 Å². The number of hydrogen-bond donors (Lipinski definition) is 1. The van der Waals surface area contributed by atoms with Crippen LogP contribution in [0.5, 0.6) is 11.5 Å². The first kappa shape index (κ1) is 29.8. The summed E-state index contributed by atoms with van der Waals surface area (Å²) in [5.41, 5.74) is 1.55. The summed E-state index contributed by atoms with van der Waals surface area (Å²) in [6.07, 6.45) is 2.73. The topological polar surface area (TPSA) is 107 Å². The number of ether oxygens (including phenoxy) is 3. The quantitative estimate of drug-likeness (QED) is 0.434. The zero-order valence-electron chi connectivity index (χ0n) is 24.5. The van der Waals surface area contributed by atoms with E-state index in [1.807, 2.05) is 45.6 Å². The third kappa shape index (κ3) is 6.77. The van der Waals surface area contributed by atoms with Gasteiger partial charge in [0.25, 0.3) is 5.91 Å². The summed E-state index contributed by atoms with van der Waals surface area (Å²) in [6, 6.07) is 3.37. The first-order valence-corrected chi connectivity index (χ1v) is 14.8. The van der Waals surface area contributed by atoms with Gasteiger partial charge in [-0.2, -0.15) is 0 Å². The van der Waals surface area contributed by atoms with E-state index in [-0.39, 0.29) is 29.6 Å². The van der Waals surface area contributed by atoms with Gasteiger partial charge in [-0.05, 0) is 76.0 Å². The standard InChI is InChI=1S/C30H41N3O6S/c1-17(2)25(32-29(36)39-30(3,4)5)27-31-22(16-40-27)28(35)33-10-8-18(9-11-33)12-20-13-19-14-23(37-6)24(38-7)15-21(19)26(20)34/h14-18,20,25H,8-13H2,1-7H3,(H,32,36)/t20?,25-/m0/s1. The van der Waals surface area contributed by atoms with Crippen LogP contribution in [0.4, 0.5) is 4.79 Å². The summed E-state index contributed by atoms with van der Waals surface area (Å²) in [5, 5.41) is 5.36. The van der Waals surface area contributed by atoms with Gasteiger partial charge in [-0.15, -0.1) is 11.3 Å². The lowest BCUT2D eigenvalue weighted by atomic mass is 9.85. The average molecular weight is 572 g/mol. The number of hydrogen-bond acceptors (Lipinski definition) is 8. The third-order valence-corrected chi connectivity index (χ3v) is 8.51. The molecule has 0 spiro atoms. The fourth-order valence-corrected chi connectivity index (χ4v) is 6.52. The van der Waals surface area contributed by atoms with E-state index in [1.54, 1.807) is 25.7 Å². The van der Waals surface area contributed by atoms with Crippen LogP contribution in [0.25, 0.3) is 0 Å². The van der Waals surface area contributed by atoms with Crippen LogP contribution in [0.2, 0.25) is 0 Å². The lowest BCUT2D eigenvalue weighted by molar-refractivity contribution is 0.0489. The van der Waals surface area contributed by atoms with Gasteiger partial charge in [0.2, 0.25) is 0 Å². The van der Waals surface area contributed by atoms with Gasteiger partial charge in [-0.25, -0.2) is 9.78 Å². The van der Waals surface area contributed by atoms with Crippen molar-refractivity contribution >= 4 is 29.1 Å². The molecule has 2 atom stereocenters. The van der Waals surface area contributed by atoms with E-state index < -0.39 is 11.7 Å². The second-order valence-electron chi connectivity index (χ2n) is 12.0. The maximum Gasteiger partial charge on any atom is 0.408 e. The van der Waals surface area contributed by atoms with Crippen molar-refractivity contribution in [1.29, 1.82) is 0 Å². The molecule has 10 heteroatoms. The molecule has 1 aromatic heterocycles. The van der Waals surface area contributed by atoms with E-state index in [2.05, 4.69) is 10.3 Å². The zero-order valence-corrected chi connectivity index (χ0v) is 25.4. The molecule has 218 valence electrons. The number of alkyl carbamates (subject to hydrolysis) is 1. The molecular formula is C30H41N3O6S. The van der Waals surface area contributed by atoms with Crippen molar-refractivity contribution in [3.05, 3.63) is 39.3 Å². The van der Waals surface area contributed by atoms with Crippen molar-refractivity contribution < 1.29 is 28.6 Å². The lowest BCUT2D eigenvalue weighted by Gasteiger charge is -2.32. The summed E-state index contributed by atoms with van der Waals surface area (Å²) in [5.74, 6) is 1.70. The molecule has 1 fully saturated rings. The molecule has 1 unspecified atom stereocenters. The number of Topliss-reactive ketones (excluding diaryl/α,β-unsaturated/α-hetero) is 1. The monoisotopic (exact) mass is 571 g/mol. The maximum atomic E-state index is 13.3. The number of piperidine rings is 1. The highest BCUT2D eigenvalue weighted by Gasteiger charge is 2.35. The minimum Gasteiger partial charge on any atom is -0.493 e. The van der Waals surface area contributed by atoms with Crippen molar-refractivity contribution in [3.8, 4) is 11.5 Å². The third-order valence-electron chi connectivity index (χ3n) is 7.58. The van der Waals surface area contributed by atoms with E-state index in [0.29, 0.717) is 47.6 Å². The number of methoxy groups -OCH3 is 2. The highest BCUT2D eigenvalue weighted by Crippen LogP contribution is 2.39. The maximum absolute atomic E-state index is 13.3. The number of carbonyl (C=O) groups is 3. The number of amides is 2. The zero-order chi connectivity index (χ0) is 29.2. The van der Waals surface area contributed by atoms with Crippen LogP contribution >= 0.6 is 11.3 Å². The van der Waals surface area contributed by atoms with Crippen LogP contribution < -0.4 is 14.8 Å². The van der Waals surface area contributed by atoms with Gasteiger partial charge in [0.15, 0.2) is 17.3 Å². The Balaban J connectivity index is 1.32. The molecule has 0 radical (unpaired) electrons. The van der Waals surface area contributed by atoms with Crippen molar-refractivity contribution in [3.63, 3.8) is 0 Å². The first-order valence-electron chi connectivity index (χ1n) is 13.9.